The van der Waals surface area contributed by atoms with E-state index in [1.54, 1.807) is 35.6 Å². The number of aryl methyl sites for hydroxylation is 2. The molecule has 0 unspecified atom stereocenters. The first-order valence-electron chi connectivity index (χ1n) is 8.40. The summed E-state index contributed by atoms with van der Waals surface area (Å²) in [6.07, 6.45) is 4.68. The lowest BCUT2D eigenvalue weighted by molar-refractivity contribution is -0.118. The van der Waals surface area contributed by atoms with Crippen LogP contribution in [0.25, 0.3) is 10.2 Å². The highest BCUT2D eigenvalue weighted by Crippen LogP contribution is 2.39. The maximum atomic E-state index is 12.2. The van der Waals surface area contributed by atoms with Gasteiger partial charge in [-0.05, 0) is 43.9 Å². The normalized spacial score (nSPS) is 12.8. The van der Waals surface area contributed by atoms with E-state index in [1.165, 1.54) is 23.7 Å². The number of hydrogen-bond donors (Lipinski definition) is 1. The third kappa shape index (κ3) is 3.17. The molecule has 1 aliphatic carbocycles. The molecule has 0 fully saturated rings. The van der Waals surface area contributed by atoms with Crippen LogP contribution in [0.5, 0.6) is 5.88 Å². The maximum absolute atomic E-state index is 12.2. The molecule has 1 aromatic carbocycles. The largest absolute Gasteiger partial charge is 0.467 e. The van der Waals surface area contributed by atoms with Gasteiger partial charge in [-0.3, -0.25) is 9.59 Å². The lowest BCUT2D eigenvalue weighted by atomic mass is 10.1. The highest BCUT2D eigenvalue weighted by atomic mass is 32.1. The molecule has 0 atom stereocenters. The molecule has 2 heterocycles. The Kier molecular flexibility index (Phi) is 4.38. The van der Waals surface area contributed by atoms with Crippen molar-refractivity contribution in [2.45, 2.75) is 26.2 Å². The third-order valence-electron chi connectivity index (χ3n) is 4.36. The maximum Gasteiger partial charge on any atom is 0.262 e. The summed E-state index contributed by atoms with van der Waals surface area (Å²) in [6.45, 7) is 1.34. The molecule has 0 aliphatic heterocycles. The number of amides is 1. The highest BCUT2D eigenvalue weighted by molar-refractivity contribution is 7.18. The molecular weight excluding hydrogens is 350 g/mol. The van der Waals surface area contributed by atoms with Crippen molar-refractivity contribution in [1.29, 1.82) is 0 Å². The Morgan fingerprint density at radius 3 is 3.00 bits per heavy atom. The molecule has 1 aliphatic rings. The Bertz CT molecular complexity index is 1010. The molecule has 7 heteroatoms. The number of nitrogens with zero attached hydrogens (tertiary/aromatic N) is 2. The number of rotatable bonds is 5. The number of aromatic nitrogens is 2. The molecule has 0 spiro atoms. The number of anilines is 1. The van der Waals surface area contributed by atoms with Gasteiger partial charge < -0.3 is 10.1 Å². The molecular formula is C19H17N3O3S. The lowest BCUT2D eigenvalue weighted by Gasteiger charge is -2.09. The lowest BCUT2D eigenvalue weighted by Crippen LogP contribution is -2.20. The number of carbonyl (C=O) groups excluding carboxylic acids is 2. The second kappa shape index (κ2) is 6.84. The van der Waals surface area contributed by atoms with Crippen LogP contribution in [0.2, 0.25) is 0 Å². The SMILES string of the molecule is CC(=O)c1cccc(NC(=O)COc2ncnc3sc4c(c23)CCC4)c1. The van der Waals surface area contributed by atoms with Gasteiger partial charge in [-0.2, -0.15) is 0 Å². The molecule has 4 rings (SSSR count). The Balaban J connectivity index is 1.48. The van der Waals surface area contributed by atoms with Crippen LogP contribution in [-0.2, 0) is 17.6 Å². The zero-order valence-corrected chi connectivity index (χ0v) is 15.1. The van der Waals surface area contributed by atoms with Gasteiger partial charge in [0.25, 0.3) is 5.91 Å². The summed E-state index contributed by atoms with van der Waals surface area (Å²) in [5.41, 5.74) is 2.38. The van der Waals surface area contributed by atoms with Crippen LogP contribution in [0.1, 0.15) is 34.1 Å². The molecule has 0 bridgehead atoms. The molecule has 3 aromatic rings. The number of benzene rings is 1. The van der Waals surface area contributed by atoms with Crippen molar-refractivity contribution >= 4 is 38.9 Å². The van der Waals surface area contributed by atoms with Crippen LogP contribution < -0.4 is 10.1 Å². The molecule has 0 saturated carbocycles. The predicted molar refractivity (Wildman–Crippen MR) is 100 cm³/mol. The molecule has 2 aromatic heterocycles. The molecule has 132 valence electrons. The minimum absolute atomic E-state index is 0.0490. The van der Waals surface area contributed by atoms with Gasteiger partial charge in [-0.15, -0.1) is 11.3 Å². The van der Waals surface area contributed by atoms with E-state index in [-0.39, 0.29) is 18.3 Å². The first-order valence-corrected chi connectivity index (χ1v) is 9.22. The van der Waals surface area contributed by atoms with Crippen LogP contribution in [0.15, 0.2) is 30.6 Å². The van der Waals surface area contributed by atoms with Gasteiger partial charge in [-0.25, -0.2) is 9.97 Å². The van der Waals surface area contributed by atoms with Crippen LogP contribution >= 0.6 is 11.3 Å². The molecule has 0 radical (unpaired) electrons. The number of ether oxygens (including phenoxy) is 1. The van der Waals surface area contributed by atoms with E-state index in [0.29, 0.717) is 17.1 Å². The number of thiophene rings is 1. The number of carbonyl (C=O) groups is 2. The van der Waals surface area contributed by atoms with Crippen molar-refractivity contribution in [1.82, 2.24) is 9.97 Å². The Hall–Kier alpha value is -2.80. The van der Waals surface area contributed by atoms with Gasteiger partial charge in [0, 0.05) is 16.1 Å². The Morgan fingerprint density at radius 2 is 2.15 bits per heavy atom. The zero-order valence-electron chi connectivity index (χ0n) is 14.2. The van der Waals surface area contributed by atoms with E-state index in [4.69, 9.17) is 4.74 Å². The summed E-state index contributed by atoms with van der Waals surface area (Å²) in [5.74, 6) is 0.110. The van der Waals surface area contributed by atoms with E-state index in [0.717, 1.165) is 29.5 Å². The number of nitrogens with one attached hydrogen (secondary N) is 1. The van der Waals surface area contributed by atoms with Crippen molar-refractivity contribution in [3.63, 3.8) is 0 Å². The standard InChI is InChI=1S/C19H17N3O3S/c1-11(23)12-4-2-5-13(8-12)22-16(24)9-25-18-17-14-6-3-7-15(14)26-19(17)21-10-20-18/h2,4-5,8,10H,3,6-7,9H2,1H3,(H,22,24). The summed E-state index contributed by atoms with van der Waals surface area (Å²) in [7, 11) is 0. The average molecular weight is 367 g/mol. The van der Waals surface area contributed by atoms with Gasteiger partial charge in [0.15, 0.2) is 12.4 Å². The fourth-order valence-corrected chi connectivity index (χ4v) is 4.38. The first-order chi connectivity index (χ1) is 12.6. The molecule has 1 amide bonds. The van der Waals surface area contributed by atoms with Gasteiger partial charge in [-0.1, -0.05) is 12.1 Å². The minimum Gasteiger partial charge on any atom is -0.467 e. The molecule has 6 nitrogen and oxygen atoms in total. The fourth-order valence-electron chi connectivity index (χ4n) is 3.16. The van der Waals surface area contributed by atoms with Gasteiger partial charge >= 0.3 is 0 Å². The van der Waals surface area contributed by atoms with Crippen molar-refractivity contribution in [2.75, 3.05) is 11.9 Å². The average Bonchev–Trinajstić information content (AvgIpc) is 3.21. The summed E-state index contributed by atoms with van der Waals surface area (Å²) in [6, 6.07) is 6.83. The van der Waals surface area contributed by atoms with Gasteiger partial charge in [0.1, 0.15) is 11.2 Å². The molecule has 1 N–H and O–H groups in total. The fraction of sp³-hybridized carbons (Fsp3) is 0.263. The van der Waals surface area contributed by atoms with E-state index in [9.17, 15) is 9.59 Å². The van der Waals surface area contributed by atoms with Crippen molar-refractivity contribution in [2.24, 2.45) is 0 Å². The van der Waals surface area contributed by atoms with E-state index >= 15 is 0 Å². The van der Waals surface area contributed by atoms with E-state index < -0.39 is 0 Å². The summed E-state index contributed by atoms with van der Waals surface area (Å²) in [5, 5.41) is 3.69. The smallest absolute Gasteiger partial charge is 0.262 e. The van der Waals surface area contributed by atoms with Crippen molar-refractivity contribution < 1.29 is 14.3 Å². The number of fused-ring (bicyclic) bond motifs is 3. The second-order valence-corrected chi connectivity index (χ2v) is 7.27. The van der Waals surface area contributed by atoms with Crippen molar-refractivity contribution in [3.8, 4) is 5.88 Å². The third-order valence-corrected chi connectivity index (χ3v) is 5.56. The number of Topliss-reactive ketones (excluding diaryl/α,β-unsaturated/α-hetero) is 1. The second-order valence-electron chi connectivity index (χ2n) is 6.19. The predicted octanol–water partition coefficient (Wildman–Crippen LogP) is 3.40. The van der Waals surface area contributed by atoms with Crippen molar-refractivity contribution in [3.05, 3.63) is 46.6 Å². The highest BCUT2D eigenvalue weighted by Gasteiger charge is 2.22. The van der Waals surface area contributed by atoms with E-state index in [1.807, 2.05) is 0 Å². The summed E-state index contributed by atoms with van der Waals surface area (Å²) >= 11 is 1.68. The van der Waals surface area contributed by atoms with Crippen LogP contribution in [0.4, 0.5) is 5.69 Å². The number of ketones is 1. The quantitative estimate of drug-likeness (QED) is 0.699. The topological polar surface area (TPSA) is 81.2 Å². The zero-order chi connectivity index (χ0) is 18.1. The molecule has 26 heavy (non-hydrogen) atoms. The van der Waals surface area contributed by atoms with Crippen LogP contribution in [0, 0.1) is 0 Å². The summed E-state index contributed by atoms with van der Waals surface area (Å²) < 4.78 is 5.69. The van der Waals surface area contributed by atoms with E-state index in [2.05, 4.69) is 15.3 Å². The Morgan fingerprint density at radius 1 is 1.27 bits per heavy atom. The van der Waals surface area contributed by atoms with Crippen LogP contribution in [-0.4, -0.2) is 28.3 Å². The Labute approximate surface area is 154 Å². The van der Waals surface area contributed by atoms with Gasteiger partial charge in [0.2, 0.25) is 5.88 Å². The minimum atomic E-state index is -0.302. The number of hydrogen-bond acceptors (Lipinski definition) is 6. The first kappa shape index (κ1) is 16.7. The molecule has 0 saturated heterocycles. The van der Waals surface area contributed by atoms with Crippen LogP contribution in [0.3, 0.4) is 0 Å². The van der Waals surface area contributed by atoms with Gasteiger partial charge in [0.05, 0.1) is 5.39 Å². The summed E-state index contributed by atoms with van der Waals surface area (Å²) in [4.78, 5) is 34.4. The monoisotopic (exact) mass is 367 g/mol.